The molecule has 0 saturated carbocycles. The molecule has 0 spiro atoms. The van der Waals surface area contributed by atoms with Crippen molar-refractivity contribution in [3.8, 4) is 96.9 Å². The van der Waals surface area contributed by atoms with E-state index in [2.05, 4.69) is 100 Å². The number of pyridine rings is 1. The maximum atomic E-state index is 9.99. The Morgan fingerprint density at radius 2 is 0.605 bits per heavy atom. The molecule has 0 unspecified atom stereocenters. The second kappa shape index (κ2) is 18.4. The summed E-state index contributed by atoms with van der Waals surface area (Å²) in [4.78, 5) is 35.4. The molecule has 14 aromatic rings. The third-order valence-electron chi connectivity index (χ3n) is 14.0. The predicted octanol–water partition coefficient (Wildman–Crippen LogP) is 15.2. The van der Waals surface area contributed by atoms with Gasteiger partial charge in [0.15, 0.2) is 34.9 Å². The van der Waals surface area contributed by atoms with Gasteiger partial charge in [-0.15, -0.1) is 0 Å². The lowest BCUT2D eigenvalue weighted by molar-refractivity contribution is 1.07. The molecule has 5 heterocycles. The van der Waals surface area contributed by atoms with Crippen LogP contribution in [0.1, 0.15) is 5.56 Å². The summed E-state index contributed by atoms with van der Waals surface area (Å²) in [5.74, 6) is 3.55. The number of benzene rings is 9. The van der Waals surface area contributed by atoms with Crippen LogP contribution >= 0.6 is 0 Å². The molecule has 9 aromatic carbocycles. The first-order chi connectivity index (χ1) is 37.6. The van der Waals surface area contributed by atoms with Gasteiger partial charge in [0, 0.05) is 60.5 Å². The summed E-state index contributed by atoms with van der Waals surface area (Å²) in [7, 11) is 0. The van der Waals surface area contributed by atoms with E-state index in [1.165, 1.54) is 0 Å². The van der Waals surface area contributed by atoms with Crippen LogP contribution in [-0.2, 0) is 0 Å². The molecule has 0 bridgehead atoms. The molecule has 76 heavy (non-hydrogen) atoms. The number of rotatable bonds is 9. The number of hydrogen-bond donors (Lipinski definition) is 0. The number of nitrogens with zero attached hydrogens (tertiary/aromatic N) is 10. The lowest BCUT2D eigenvalue weighted by Crippen LogP contribution is -2.05. The van der Waals surface area contributed by atoms with Crippen LogP contribution in [0.4, 0.5) is 0 Å². The molecule has 5 aromatic heterocycles. The lowest BCUT2D eigenvalue weighted by Gasteiger charge is -2.19. The molecule has 0 N–H and O–H groups in total. The number of hydrogen-bond acceptors (Lipinski definition) is 8. The van der Waals surface area contributed by atoms with E-state index in [4.69, 9.17) is 34.9 Å². The Kier molecular flexibility index (Phi) is 10.6. The summed E-state index contributed by atoms with van der Waals surface area (Å²) in [6.45, 7) is 0. The molecule has 0 radical (unpaired) electrons. The van der Waals surface area contributed by atoms with Crippen molar-refractivity contribution >= 4 is 43.6 Å². The zero-order valence-corrected chi connectivity index (χ0v) is 40.6. The first kappa shape index (κ1) is 44.0. The van der Waals surface area contributed by atoms with Crippen LogP contribution in [0.15, 0.2) is 243 Å². The number of para-hydroxylation sites is 2. The molecule has 10 nitrogen and oxygen atoms in total. The fraction of sp³-hybridized carbons (Fsp3) is 0. The van der Waals surface area contributed by atoms with Gasteiger partial charge in [0.1, 0.15) is 0 Å². The highest BCUT2D eigenvalue weighted by Gasteiger charge is 2.24. The van der Waals surface area contributed by atoms with Gasteiger partial charge in [-0.05, 0) is 66.2 Å². The van der Waals surface area contributed by atoms with Gasteiger partial charge in [-0.25, -0.2) is 29.9 Å². The molecule has 0 saturated heterocycles. The highest BCUT2D eigenvalue weighted by atomic mass is 15.1. The van der Waals surface area contributed by atoms with Crippen molar-refractivity contribution in [3.63, 3.8) is 0 Å². The maximum absolute atomic E-state index is 9.99. The largest absolute Gasteiger partial charge is 0.307 e. The summed E-state index contributed by atoms with van der Waals surface area (Å²) in [5, 5.41) is 14.2. The summed E-state index contributed by atoms with van der Waals surface area (Å²) in [5.41, 5.74) is 13.5. The van der Waals surface area contributed by atoms with Gasteiger partial charge in [-0.2, -0.15) is 5.26 Å². The smallest absolute Gasteiger partial charge is 0.164 e. The lowest BCUT2D eigenvalue weighted by atomic mass is 10.0. The molecule has 0 aliphatic heterocycles. The third kappa shape index (κ3) is 7.63. The van der Waals surface area contributed by atoms with E-state index in [1.807, 2.05) is 158 Å². The Balaban J connectivity index is 0.973. The third-order valence-corrected chi connectivity index (χ3v) is 14.0. The predicted molar refractivity (Wildman–Crippen MR) is 302 cm³/mol. The van der Waals surface area contributed by atoms with Crippen molar-refractivity contribution in [1.82, 2.24) is 44.0 Å². The van der Waals surface area contributed by atoms with Gasteiger partial charge in [-0.3, -0.25) is 4.98 Å². The van der Waals surface area contributed by atoms with Crippen LogP contribution in [0.2, 0.25) is 0 Å². The van der Waals surface area contributed by atoms with Crippen molar-refractivity contribution in [2.75, 3.05) is 0 Å². The quantitative estimate of drug-likeness (QED) is 0.140. The molecular formula is C66H40N10. The van der Waals surface area contributed by atoms with Crippen LogP contribution in [0.25, 0.3) is 134 Å². The highest BCUT2D eigenvalue weighted by molar-refractivity contribution is 6.13. The van der Waals surface area contributed by atoms with Gasteiger partial charge in [0.2, 0.25) is 0 Å². The molecule has 14 rings (SSSR count). The maximum Gasteiger partial charge on any atom is 0.164 e. The highest BCUT2D eigenvalue weighted by Crippen LogP contribution is 2.43. The van der Waals surface area contributed by atoms with Gasteiger partial charge in [0.05, 0.1) is 57.5 Å². The van der Waals surface area contributed by atoms with Crippen molar-refractivity contribution in [2.45, 2.75) is 0 Å². The standard InChI is InChI=1S/C66H40N10/c67-39-42-29-31-43(32-30-42)60-58(75-54-27-15-13-25-50(54)52-37-48(33-35-56(52)75)65-71-61(44-17-5-1-6-18-44)69-62(72-65)45-19-7-2-8-20-45)40-68-41-59(60)76-55-28-16-14-26-51(55)53-38-49(34-36-57(53)76)66-73-63(46-21-9-3-10-22-46)70-64(74-66)47-23-11-4-12-24-47/h1-38,40-41H. The van der Waals surface area contributed by atoms with Crippen LogP contribution in [0.5, 0.6) is 0 Å². The van der Waals surface area contributed by atoms with Crippen molar-refractivity contribution in [2.24, 2.45) is 0 Å². The average molecular weight is 973 g/mol. The molecule has 0 atom stereocenters. The topological polar surface area (TPSA) is 124 Å². The Bertz CT molecular complexity index is 4190. The van der Waals surface area contributed by atoms with E-state index in [-0.39, 0.29) is 0 Å². The van der Waals surface area contributed by atoms with E-state index < -0.39 is 0 Å². The molecule has 0 aliphatic carbocycles. The number of nitriles is 1. The summed E-state index contributed by atoms with van der Waals surface area (Å²) < 4.78 is 4.61. The summed E-state index contributed by atoms with van der Waals surface area (Å²) in [6, 6.07) is 80.1. The van der Waals surface area contributed by atoms with Gasteiger partial charge < -0.3 is 9.13 Å². The summed E-state index contributed by atoms with van der Waals surface area (Å²) in [6.07, 6.45) is 3.89. The minimum atomic E-state index is 0.572. The van der Waals surface area contributed by atoms with Crippen LogP contribution in [-0.4, -0.2) is 44.0 Å². The van der Waals surface area contributed by atoms with Gasteiger partial charge >= 0.3 is 0 Å². The Morgan fingerprint density at radius 3 is 0.974 bits per heavy atom. The molecule has 10 heteroatoms. The molecule has 0 fully saturated rings. The molecular weight excluding hydrogens is 933 g/mol. The average Bonchev–Trinajstić information content (AvgIpc) is 4.11. The minimum absolute atomic E-state index is 0.572. The number of aromatic nitrogens is 9. The van der Waals surface area contributed by atoms with E-state index in [9.17, 15) is 5.26 Å². The SMILES string of the molecule is N#Cc1ccc(-c2c(-n3c4ccccc4c4cc(-c5nc(-c6ccccc6)nc(-c6ccccc6)n5)ccc43)cncc2-n2c3ccccc3c3cc(-c4nc(-c5ccccc5)nc(-c5ccccc5)n4)ccc32)cc1. The Hall–Kier alpha value is -10.8. The normalized spacial score (nSPS) is 11.4. The monoisotopic (exact) mass is 972 g/mol. The van der Waals surface area contributed by atoms with Crippen molar-refractivity contribution in [3.05, 3.63) is 248 Å². The van der Waals surface area contributed by atoms with E-state index >= 15 is 0 Å². The van der Waals surface area contributed by atoms with Crippen LogP contribution in [0.3, 0.4) is 0 Å². The molecule has 0 amide bonds. The zero-order chi connectivity index (χ0) is 50.5. The Morgan fingerprint density at radius 1 is 0.289 bits per heavy atom. The van der Waals surface area contributed by atoms with Crippen molar-refractivity contribution in [1.29, 1.82) is 5.26 Å². The fourth-order valence-corrected chi connectivity index (χ4v) is 10.4. The summed E-state index contributed by atoms with van der Waals surface area (Å²) >= 11 is 0. The first-order valence-electron chi connectivity index (χ1n) is 24.9. The van der Waals surface area contributed by atoms with E-state index in [0.717, 1.165) is 99.5 Å². The zero-order valence-electron chi connectivity index (χ0n) is 40.6. The fourth-order valence-electron chi connectivity index (χ4n) is 10.4. The van der Waals surface area contributed by atoms with Crippen molar-refractivity contribution < 1.29 is 0 Å². The second-order valence-electron chi connectivity index (χ2n) is 18.5. The molecule has 354 valence electrons. The van der Waals surface area contributed by atoms with Crippen LogP contribution < -0.4 is 0 Å². The second-order valence-corrected chi connectivity index (χ2v) is 18.5. The Labute approximate surface area is 436 Å². The van der Waals surface area contributed by atoms with Crippen LogP contribution in [0, 0.1) is 11.3 Å². The minimum Gasteiger partial charge on any atom is -0.307 e. The van der Waals surface area contributed by atoms with E-state index in [0.29, 0.717) is 40.5 Å². The first-order valence-corrected chi connectivity index (χ1v) is 24.9. The van der Waals surface area contributed by atoms with E-state index in [1.54, 1.807) is 0 Å². The molecule has 0 aliphatic rings. The van der Waals surface area contributed by atoms with Gasteiger partial charge in [-0.1, -0.05) is 170 Å². The van der Waals surface area contributed by atoms with Gasteiger partial charge in [0.25, 0.3) is 0 Å². The number of fused-ring (bicyclic) bond motifs is 6.